The quantitative estimate of drug-likeness (QED) is 0.683. The second-order valence-electron chi connectivity index (χ2n) is 11.1. The molecule has 6 saturated carbocycles. The fourth-order valence-corrected chi connectivity index (χ4v) is 8.31. The molecule has 1 N–H and O–H groups in total. The maximum atomic E-state index is 14.4. The molecule has 158 valence electrons. The van der Waals surface area contributed by atoms with Crippen molar-refractivity contribution in [2.45, 2.75) is 83.1 Å². The smallest absolute Gasteiger partial charge is 0.405 e. The van der Waals surface area contributed by atoms with Gasteiger partial charge in [-0.1, -0.05) is 13.8 Å². The molecular formula is C22H31F3O3. The van der Waals surface area contributed by atoms with Crippen molar-refractivity contribution in [3.05, 3.63) is 0 Å². The molecule has 7 atom stereocenters. The number of halogens is 3. The minimum absolute atomic E-state index is 0.0343. The molecule has 0 heterocycles. The van der Waals surface area contributed by atoms with Gasteiger partial charge in [-0.25, -0.2) is 0 Å². The fourth-order valence-electron chi connectivity index (χ4n) is 8.31. The number of alkyl halides is 3. The van der Waals surface area contributed by atoms with E-state index in [0.29, 0.717) is 25.2 Å². The Labute approximate surface area is 164 Å². The van der Waals surface area contributed by atoms with Crippen LogP contribution in [0.1, 0.15) is 65.7 Å². The molecule has 0 spiro atoms. The second kappa shape index (κ2) is 5.47. The van der Waals surface area contributed by atoms with Crippen LogP contribution in [0.5, 0.6) is 0 Å². The van der Waals surface area contributed by atoms with E-state index in [1.54, 1.807) is 0 Å². The lowest BCUT2D eigenvalue weighted by atomic mass is 9.48. The average molecular weight is 400 g/mol. The topological polar surface area (TPSA) is 46.5 Å². The molecule has 0 aromatic carbocycles. The lowest BCUT2D eigenvalue weighted by molar-refractivity contribution is -0.278. The van der Waals surface area contributed by atoms with E-state index in [9.17, 15) is 23.1 Å². The Morgan fingerprint density at radius 2 is 1.61 bits per heavy atom. The summed E-state index contributed by atoms with van der Waals surface area (Å²) in [6, 6.07) is 0. The fraction of sp³-hybridized carbons (Fsp3) is 0.955. The maximum absolute atomic E-state index is 14.4. The zero-order valence-corrected chi connectivity index (χ0v) is 16.9. The van der Waals surface area contributed by atoms with E-state index in [1.807, 2.05) is 20.8 Å². The third-order valence-electron chi connectivity index (χ3n) is 9.94. The van der Waals surface area contributed by atoms with Gasteiger partial charge in [0.05, 0.1) is 5.60 Å². The van der Waals surface area contributed by atoms with Gasteiger partial charge in [0, 0.05) is 11.8 Å². The minimum Gasteiger partial charge on any atom is -0.458 e. The van der Waals surface area contributed by atoms with Crippen molar-refractivity contribution in [3.8, 4) is 0 Å². The van der Waals surface area contributed by atoms with E-state index in [1.165, 1.54) is 0 Å². The van der Waals surface area contributed by atoms with Crippen LogP contribution >= 0.6 is 0 Å². The third-order valence-corrected chi connectivity index (χ3v) is 9.94. The molecule has 3 nitrogen and oxygen atoms in total. The standard InChI is InChI=1S/C22H31F3O3/c1-11-12(2)17-6-14(11)8-21(17,22(23,24)25)18(26)28-19(3)15-4-13-5-16(19)10-20(27,7-13)9-15/h11-17,27H,4-10H2,1-3H3. The van der Waals surface area contributed by atoms with E-state index in [2.05, 4.69) is 0 Å². The molecule has 6 aliphatic carbocycles. The number of carbonyl (C=O) groups is 1. The Hall–Kier alpha value is -0.780. The minimum atomic E-state index is -4.58. The summed E-state index contributed by atoms with van der Waals surface area (Å²) in [7, 11) is 0. The maximum Gasteiger partial charge on any atom is 0.405 e. The van der Waals surface area contributed by atoms with Crippen molar-refractivity contribution in [2.75, 3.05) is 0 Å². The van der Waals surface area contributed by atoms with Crippen LogP contribution in [-0.2, 0) is 9.53 Å². The molecule has 0 amide bonds. The van der Waals surface area contributed by atoms with Gasteiger partial charge in [0.15, 0.2) is 5.41 Å². The highest BCUT2D eigenvalue weighted by Crippen LogP contribution is 2.68. The predicted molar refractivity (Wildman–Crippen MR) is 96.0 cm³/mol. The van der Waals surface area contributed by atoms with Crippen LogP contribution in [0.25, 0.3) is 0 Å². The molecule has 7 unspecified atom stereocenters. The van der Waals surface area contributed by atoms with Crippen LogP contribution in [0.15, 0.2) is 0 Å². The lowest BCUT2D eigenvalue weighted by Crippen LogP contribution is -2.65. The number of hydrogen-bond acceptors (Lipinski definition) is 3. The number of rotatable bonds is 2. The monoisotopic (exact) mass is 400 g/mol. The number of carbonyl (C=O) groups excluding carboxylic acids is 1. The molecule has 6 rings (SSSR count). The van der Waals surface area contributed by atoms with Crippen molar-refractivity contribution in [1.82, 2.24) is 0 Å². The lowest BCUT2D eigenvalue weighted by Gasteiger charge is -2.62. The molecule has 0 aromatic rings. The average Bonchev–Trinajstić information content (AvgIpc) is 3.09. The summed E-state index contributed by atoms with van der Waals surface area (Å²) in [4.78, 5) is 13.3. The summed E-state index contributed by atoms with van der Waals surface area (Å²) in [5.74, 6) is -1.33. The number of fused-ring (bicyclic) bond motifs is 2. The Bertz CT molecular complexity index is 686. The van der Waals surface area contributed by atoms with Crippen LogP contribution in [0, 0.1) is 46.8 Å². The van der Waals surface area contributed by atoms with Gasteiger partial charge in [-0.3, -0.25) is 4.79 Å². The molecule has 6 heteroatoms. The number of ether oxygens (including phenoxy) is 1. The van der Waals surface area contributed by atoms with Crippen LogP contribution < -0.4 is 0 Å². The van der Waals surface area contributed by atoms with E-state index < -0.39 is 34.7 Å². The first-order valence-corrected chi connectivity index (χ1v) is 10.9. The largest absolute Gasteiger partial charge is 0.458 e. The Balaban J connectivity index is 1.46. The van der Waals surface area contributed by atoms with E-state index in [4.69, 9.17) is 4.74 Å². The van der Waals surface area contributed by atoms with Crippen molar-refractivity contribution in [3.63, 3.8) is 0 Å². The van der Waals surface area contributed by atoms with Gasteiger partial charge >= 0.3 is 12.1 Å². The van der Waals surface area contributed by atoms with E-state index in [0.717, 1.165) is 19.3 Å². The van der Waals surface area contributed by atoms with Crippen LogP contribution in [0.2, 0.25) is 0 Å². The SMILES string of the molecule is CC1C2CC(C1C)C(C(=O)OC1(C)C3CC4CC1CC(O)(C4)C3)(C(F)(F)F)C2. The molecule has 0 saturated heterocycles. The first-order chi connectivity index (χ1) is 12.9. The Morgan fingerprint density at radius 3 is 2.07 bits per heavy atom. The van der Waals surface area contributed by atoms with Gasteiger partial charge in [-0.2, -0.15) is 13.2 Å². The molecule has 6 aliphatic rings. The Kier molecular flexibility index (Phi) is 3.75. The Morgan fingerprint density at radius 1 is 1.00 bits per heavy atom. The highest BCUT2D eigenvalue weighted by molar-refractivity contribution is 5.80. The van der Waals surface area contributed by atoms with Crippen LogP contribution in [-0.4, -0.2) is 28.5 Å². The summed E-state index contributed by atoms with van der Waals surface area (Å²) < 4.78 is 49.1. The molecule has 0 aliphatic heterocycles. The van der Waals surface area contributed by atoms with E-state index in [-0.39, 0.29) is 36.0 Å². The van der Waals surface area contributed by atoms with Crippen LogP contribution in [0.3, 0.4) is 0 Å². The summed E-state index contributed by atoms with van der Waals surface area (Å²) in [5, 5.41) is 10.8. The highest BCUT2D eigenvalue weighted by atomic mass is 19.4. The predicted octanol–water partition coefficient (Wildman–Crippen LogP) is 4.72. The summed E-state index contributed by atoms with van der Waals surface area (Å²) >= 11 is 0. The molecule has 6 fully saturated rings. The van der Waals surface area contributed by atoms with Crippen LogP contribution in [0.4, 0.5) is 13.2 Å². The first-order valence-electron chi connectivity index (χ1n) is 10.9. The summed E-state index contributed by atoms with van der Waals surface area (Å²) in [6.07, 6.45) is -0.660. The van der Waals surface area contributed by atoms with Gasteiger partial charge in [-0.05, 0) is 81.5 Å². The number of aliphatic hydroxyl groups is 1. The molecule has 28 heavy (non-hydrogen) atoms. The molecule has 0 radical (unpaired) electrons. The summed E-state index contributed by atoms with van der Waals surface area (Å²) in [6.45, 7) is 5.72. The normalized spacial score (nSPS) is 57.0. The number of esters is 1. The van der Waals surface area contributed by atoms with Crippen molar-refractivity contribution in [1.29, 1.82) is 0 Å². The van der Waals surface area contributed by atoms with Crippen molar-refractivity contribution < 1.29 is 27.8 Å². The second-order valence-corrected chi connectivity index (χ2v) is 11.1. The van der Waals surface area contributed by atoms with Gasteiger partial charge in [0.1, 0.15) is 5.60 Å². The van der Waals surface area contributed by atoms with Crippen molar-refractivity contribution in [2.24, 2.45) is 46.8 Å². The zero-order chi connectivity index (χ0) is 20.3. The first kappa shape index (κ1) is 19.2. The van der Waals surface area contributed by atoms with Gasteiger partial charge in [0.2, 0.25) is 0 Å². The van der Waals surface area contributed by atoms with Gasteiger partial charge < -0.3 is 9.84 Å². The highest BCUT2D eigenvalue weighted by Gasteiger charge is 2.74. The molecule has 6 bridgehead atoms. The molecular weight excluding hydrogens is 369 g/mol. The third kappa shape index (κ3) is 2.24. The van der Waals surface area contributed by atoms with E-state index >= 15 is 0 Å². The number of hydrogen-bond donors (Lipinski definition) is 1. The van der Waals surface area contributed by atoms with Crippen molar-refractivity contribution >= 4 is 5.97 Å². The summed E-state index contributed by atoms with van der Waals surface area (Å²) in [5.41, 5.74) is -3.94. The zero-order valence-electron chi connectivity index (χ0n) is 16.9. The van der Waals surface area contributed by atoms with Gasteiger partial charge in [0.25, 0.3) is 0 Å². The molecule has 0 aromatic heterocycles. The van der Waals surface area contributed by atoms with Gasteiger partial charge in [-0.15, -0.1) is 0 Å².